The Morgan fingerprint density at radius 2 is 2.00 bits per heavy atom. The molecule has 1 fully saturated rings. The number of hydrogen-bond donors (Lipinski definition) is 1. The molecule has 5 heteroatoms. The van der Waals surface area contributed by atoms with E-state index in [1.54, 1.807) is 0 Å². The Kier molecular flexibility index (Phi) is 4.54. The third kappa shape index (κ3) is 3.27. The SMILES string of the molecule is CC(C)(C)[Si](C)(C)O[C@H]1COCO[C@H]1CO. The van der Waals surface area contributed by atoms with Gasteiger partial charge in [0.25, 0.3) is 0 Å². The van der Waals surface area contributed by atoms with Gasteiger partial charge in [-0.05, 0) is 18.1 Å². The van der Waals surface area contributed by atoms with E-state index in [9.17, 15) is 5.11 Å². The van der Waals surface area contributed by atoms with Gasteiger partial charge in [-0.25, -0.2) is 0 Å². The summed E-state index contributed by atoms with van der Waals surface area (Å²) in [6.45, 7) is 11.7. The fourth-order valence-corrected chi connectivity index (χ4v) is 2.68. The summed E-state index contributed by atoms with van der Waals surface area (Å²) in [6.07, 6.45) is -0.387. The number of hydrogen-bond acceptors (Lipinski definition) is 4. The summed E-state index contributed by atoms with van der Waals surface area (Å²) >= 11 is 0. The van der Waals surface area contributed by atoms with Crippen LogP contribution in [-0.4, -0.2) is 45.6 Å². The van der Waals surface area contributed by atoms with Crippen LogP contribution >= 0.6 is 0 Å². The standard InChI is InChI=1S/C11H24O4Si/c1-11(2,3)16(4,5)15-10-7-13-8-14-9(10)6-12/h9-10,12H,6-8H2,1-5H3/t9-,10-/m0/s1. The molecule has 0 spiro atoms. The fraction of sp³-hybridized carbons (Fsp3) is 1.00. The van der Waals surface area contributed by atoms with Crippen LogP contribution in [-0.2, 0) is 13.9 Å². The van der Waals surface area contributed by atoms with Gasteiger partial charge in [0, 0.05) is 0 Å². The van der Waals surface area contributed by atoms with E-state index in [2.05, 4.69) is 33.9 Å². The van der Waals surface area contributed by atoms with Crippen molar-refractivity contribution in [2.45, 2.75) is 51.1 Å². The van der Waals surface area contributed by atoms with Crippen molar-refractivity contribution >= 4 is 8.32 Å². The molecule has 0 aromatic heterocycles. The zero-order chi connectivity index (χ0) is 12.4. The predicted octanol–water partition coefficient (Wildman–Crippen LogP) is 1.74. The lowest BCUT2D eigenvalue weighted by Crippen LogP contribution is -2.52. The molecule has 1 heterocycles. The molecular weight excluding hydrogens is 224 g/mol. The van der Waals surface area contributed by atoms with E-state index in [0.29, 0.717) is 6.61 Å². The van der Waals surface area contributed by atoms with E-state index in [4.69, 9.17) is 13.9 Å². The van der Waals surface area contributed by atoms with E-state index in [1.807, 2.05) is 0 Å². The van der Waals surface area contributed by atoms with E-state index >= 15 is 0 Å². The first-order valence-corrected chi connectivity index (χ1v) is 8.67. The number of rotatable bonds is 3. The lowest BCUT2D eigenvalue weighted by atomic mass is 10.2. The second-order valence-corrected chi connectivity index (χ2v) is 10.5. The van der Waals surface area contributed by atoms with Gasteiger partial charge in [0.1, 0.15) is 12.9 Å². The van der Waals surface area contributed by atoms with Crippen molar-refractivity contribution in [3.8, 4) is 0 Å². The Balaban J connectivity index is 2.64. The van der Waals surface area contributed by atoms with E-state index in [-0.39, 0.29) is 30.6 Å². The van der Waals surface area contributed by atoms with E-state index in [0.717, 1.165) is 0 Å². The molecule has 0 bridgehead atoms. The highest BCUT2D eigenvalue weighted by atomic mass is 28.4. The molecule has 0 amide bonds. The minimum Gasteiger partial charge on any atom is -0.409 e. The van der Waals surface area contributed by atoms with Crippen LogP contribution in [0.4, 0.5) is 0 Å². The van der Waals surface area contributed by atoms with Gasteiger partial charge < -0.3 is 19.0 Å². The van der Waals surface area contributed by atoms with E-state index < -0.39 is 8.32 Å². The monoisotopic (exact) mass is 248 g/mol. The summed E-state index contributed by atoms with van der Waals surface area (Å²) in [6, 6.07) is 0. The Hall–Kier alpha value is 0.0569. The van der Waals surface area contributed by atoms with Crippen LogP contribution in [0.3, 0.4) is 0 Å². The Labute approximate surface area is 99.0 Å². The maximum absolute atomic E-state index is 9.22. The second kappa shape index (κ2) is 5.14. The van der Waals surface area contributed by atoms with Crippen LogP contribution in [0.15, 0.2) is 0 Å². The topological polar surface area (TPSA) is 47.9 Å². The highest BCUT2D eigenvalue weighted by Gasteiger charge is 2.41. The third-order valence-corrected chi connectivity index (χ3v) is 8.00. The minimum atomic E-state index is -1.82. The molecule has 96 valence electrons. The van der Waals surface area contributed by atoms with E-state index in [1.165, 1.54) is 0 Å². The quantitative estimate of drug-likeness (QED) is 0.773. The molecular formula is C11H24O4Si. The number of aliphatic hydroxyl groups excluding tert-OH is 1. The molecule has 0 radical (unpaired) electrons. The second-order valence-electron chi connectivity index (χ2n) is 5.79. The van der Waals surface area contributed by atoms with Crippen LogP contribution < -0.4 is 0 Å². The van der Waals surface area contributed by atoms with Crippen LogP contribution in [0.5, 0.6) is 0 Å². The molecule has 1 N–H and O–H groups in total. The number of aliphatic hydroxyl groups is 1. The van der Waals surface area contributed by atoms with Crippen LogP contribution in [0, 0.1) is 0 Å². The van der Waals surface area contributed by atoms with Crippen LogP contribution in [0.25, 0.3) is 0 Å². The molecule has 1 aliphatic rings. The molecule has 2 atom stereocenters. The molecule has 0 aromatic rings. The Morgan fingerprint density at radius 3 is 2.50 bits per heavy atom. The van der Waals surface area contributed by atoms with Gasteiger partial charge in [-0.2, -0.15) is 0 Å². The molecule has 0 saturated carbocycles. The van der Waals surface area contributed by atoms with Crippen LogP contribution in [0.1, 0.15) is 20.8 Å². The van der Waals surface area contributed by atoms with Crippen molar-refractivity contribution in [1.29, 1.82) is 0 Å². The summed E-state index contributed by atoms with van der Waals surface area (Å²) in [4.78, 5) is 0. The summed E-state index contributed by atoms with van der Waals surface area (Å²) in [5.41, 5.74) is 0. The zero-order valence-corrected chi connectivity index (χ0v) is 11.9. The summed E-state index contributed by atoms with van der Waals surface area (Å²) in [5.74, 6) is 0. The minimum absolute atomic E-state index is 0.0113. The molecule has 1 saturated heterocycles. The molecule has 0 aromatic carbocycles. The lowest BCUT2D eigenvalue weighted by Gasteiger charge is -2.42. The van der Waals surface area contributed by atoms with Crippen molar-refractivity contribution < 1.29 is 19.0 Å². The van der Waals surface area contributed by atoms with Crippen molar-refractivity contribution in [2.75, 3.05) is 20.0 Å². The molecule has 4 nitrogen and oxygen atoms in total. The number of ether oxygens (including phenoxy) is 2. The van der Waals surface area contributed by atoms with Gasteiger partial charge in [-0.15, -0.1) is 0 Å². The zero-order valence-electron chi connectivity index (χ0n) is 10.9. The van der Waals surface area contributed by atoms with Gasteiger partial charge >= 0.3 is 0 Å². The molecule has 1 rings (SSSR count). The van der Waals surface area contributed by atoms with Gasteiger partial charge in [0.05, 0.1) is 19.3 Å². The van der Waals surface area contributed by atoms with Gasteiger partial charge in [-0.3, -0.25) is 0 Å². The van der Waals surface area contributed by atoms with Crippen molar-refractivity contribution in [3.63, 3.8) is 0 Å². The van der Waals surface area contributed by atoms with Gasteiger partial charge in [-0.1, -0.05) is 20.8 Å². The molecule has 16 heavy (non-hydrogen) atoms. The summed E-state index contributed by atoms with van der Waals surface area (Å²) in [5, 5.41) is 9.37. The van der Waals surface area contributed by atoms with Crippen LogP contribution in [0.2, 0.25) is 18.1 Å². The first kappa shape index (κ1) is 14.1. The molecule has 0 unspecified atom stereocenters. The normalized spacial score (nSPS) is 28.1. The van der Waals surface area contributed by atoms with Crippen molar-refractivity contribution in [2.24, 2.45) is 0 Å². The predicted molar refractivity (Wildman–Crippen MR) is 64.8 cm³/mol. The maximum atomic E-state index is 9.22. The third-order valence-electron chi connectivity index (χ3n) is 3.49. The highest BCUT2D eigenvalue weighted by molar-refractivity contribution is 6.74. The largest absolute Gasteiger partial charge is 0.409 e. The molecule has 0 aliphatic carbocycles. The van der Waals surface area contributed by atoms with Gasteiger partial charge in [0.2, 0.25) is 0 Å². The smallest absolute Gasteiger partial charge is 0.192 e. The average molecular weight is 248 g/mol. The maximum Gasteiger partial charge on any atom is 0.192 e. The molecule has 1 aliphatic heterocycles. The first-order valence-electron chi connectivity index (χ1n) is 5.76. The fourth-order valence-electron chi connectivity index (χ4n) is 1.35. The lowest BCUT2D eigenvalue weighted by molar-refractivity contribution is -0.198. The Bertz CT molecular complexity index is 225. The van der Waals surface area contributed by atoms with Crippen molar-refractivity contribution in [3.05, 3.63) is 0 Å². The average Bonchev–Trinajstić information content (AvgIpc) is 2.16. The Morgan fingerprint density at radius 1 is 1.38 bits per heavy atom. The summed E-state index contributed by atoms with van der Waals surface area (Å²) < 4.78 is 16.7. The van der Waals surface area contributed by atoms with Crippen molar-refractivity contribution in [1.82, 2.24) is 0 Å². The highest BCUT2D eigenvalue weighted by Crippen LogP contribution is 2.38. The summed E-state index contributed by atoms with van der Waals surface area (Å²) in [7, 11) is -1.82. The van der Waals surface area contributed by atoms with Gasteiger partial charge in [0.15, 0.2) is 8.32 Å². The first-order chi connectivity index (χ1) is 7.28.